The number of anilines is 2. The third-order valence-corrected chi connectivity index (χ3v) is 4.22. The fourth-order valence-corrected chi connectivity index (χ4v) is 2.89. The highest BCUT2D eigenvalue weighted by atomic mass is 16.1. The molecule has 3 rings (SSSR count). The molecular weight excluding hydrogens is 288 g/mol. The van der Waals surface area contributed by atoms with Crippen molar-refractivity contribution in [3.63, 3.8) is 0 Å². The lowest BCUT2D eigenvalue weighted by Gasteiger charge is -2.22. The first kappa shape index (κ1) is 15.5. The van der Waals surface area contributed by atoms with Crippen molar-refractivity contribution in [2.24, 2.45) is 0 Å². The minimum atomic E-state index is -0.118. The van der Waals surface area contributed by atoms with Gasteiger partial charge in [0.15, 0.2) is 0 Å². The molecule has 0 atom stereocenters. The maximum absolute atomic E-state index is 12.4. The lowest BCUT2D eigenvalue weighted by atomic mass is 9.95. The van der Waals surface area contributed by atoms with Gasteiger partial charge >= 0.3 is 0 Å². The number of aromatic nitrogens is 2. The van der Waals surface area contributed by atoms with Crippen molar-refractivity contribution in [2.75, 3.05) is 5.32 Å². The molecule has 0 spiro atoms. The van der Waals surface area contributed by atoms with Crippen molar-refractivity contribution in [1.29, 1.82) is 0 Å². The van der Waals surface area contributed by atoms with E-state index < -0.39 is 0 Å². The van der Waals surface area contributed by atoms with Gasteiger partial charge in [0.2, 0.25) is 5.95 Å². The van der Waals surface area contributed by atoms with Crippen LogP contribution in [0.1, 0.15) is 48.2 Å². The molecule has 1 amide bonds. The molecule has 120 valence electrons. The third-order valence-electron chi connectivity index (χ3n) is 4.22. The second kappa shape index (κ2) is 7.22. The highest BCUT2D eigenvalue weighted by molar-refractivity contribution is 5.92. The quantitative estimate of drug-likeness (QED) is 0.905. The summed E-state index contributed by atoms with van der Waals surface area (Å²) in [6.45, 7) is 2.02. The number of hydrogen-bond acceptors (Lipinski definition) is 4. The summed E-state index contributed by atoms with van der Waals surface area (Å²) in [6.07, 6.45) is 7.38. The number of para-hydroxylation sites is 1. The van der Waals surface area contributed by atoms with Gasteiger partial charge in [0, 0.05) is 17.9 Å². The lowest BCUT2D eigenvalue weighted by Crippen LogP contribution is -2.36. The minimum Gasteiger partial charge on any atom is -0.348 e. The molecule has 1 saturated carbocycles. The molecule has 1 fully saturated rings. The van der Waals surface area contributed by atoms with Crippen LogP contribution in [0.25, 0.3) is 0 Å². The highest BCUT2D eigenvalue weighted by Gasteiger charge is 2.17. The summed E-state index contributed by atoms with van der Waals surface area (Å²) in [4.78, 5) is 20.9. The van der Waals surface area contributed by atoms with Crippen LogP contribution in [-0.2, 0) is 0 Å². The highest BCUT2D eigenvalue weighted by Crippen LogP contribution is 2.19. The van der Waals surface area contributed by atoms with Crippen LogP contribution in [0.3, 0.4) is 0 Å². The Kier molecular flexibility index (Phi) is 4.86. The summed E-state index contributed by atoms with van der Waals surface area (Å²) < 4.78 is 0. The largest absolute Gasteiger partial charge is 0.348 e. The van der Waals surface area contributed by atoms with Crippen LogP contribution >= 0.6 is 0 Å². The Bertz CT molecular complexity index is 680. The number of nitrogens with one attached hydrogen (secondary N) is 2. The van der Waals surface area contributed by atoms with Crippen molar-refractivity contribution < 1.29 is 4.79 Å². The van der Waals surface area contributed by atoms with E-state index in [0.717, 1.165) is 24.1 Å². The van der Waals surface area contributed by atoms with Gasteiger partial charge in [-0.15, -0.1) is 0 Å². The maximum atomic E-state index is 12.4. The standard InChI is InChI=1S/C18H22N4O/c1-13-7-5-6-10-15(13)21-18-19-12-11-16(22-18)17(23)20-14-8-3-2-4-9-14/h5-7,10-12,14H,2-4,8-9H2,1H3,(H,20,23)(H,19,21,22). The molecule has 2 aromatic rings. The number of rotatable bonds is 4. The number of aryl methyl sites for hydroxylation is 1. The zero-order valence-electron chi connectivity index (χ0n) is 13.4. The topological polar surface area (TPSA) is 66.9 Å². The summed E-state index contributed by atoms with van der Waals surface area (Å²) in [5.74, 6) is 0.322. The van der Waals surface area contributed by atoms with E-state index in [-0.39, 0.29) is 11.9 Å². The number of carbonyl (C=O) groups is 1. The molecule has 2 N–H and O–H groups in total. The van der Waals surface area contributed by atoms with E-state index in [0.29, 0.717) is 11.6 Å². The average Bonchev–Trinajstić information content (AvgIpc) is 2.58. The molecule has 0 bridgehead atoms. The maximum Gasteiger partial charge on any atom is 0.270 e. The number of hydrogen-bond donors (Lipinski definition) is 2. The monoisotopic (exact) mass is 310 g/mol. The summed E-state index contributed by atoms with van der Waals surface area (Å²) >= 11 is 0. The van der Waals surface area contributed by atoms with Crippen LogP contribution in [0.5, 0.6) is 0 Å². The molecule has 23 heavy (non-hydrogen) atoms. The summed E-state index contributed by atoms with van der Waals surface area (Å²) in [5, 5.41) is 6.25. The molecule has 1 aromatic carbocycles. The molecule has 1 heterocycles. The van der Waals surface area contributed by atoms with Gasteiger partial charge in [0.1, 0.15) is 5.69 Å². The SMILES string of the molecule is Cc1ccccc1Nc1nccc(C(=O)NC2CCCCC2)n1. The second-order valence-electron chi connectivity index (χ2n) is 6.01. The van der Waals surface area contributed by atoms with Gasteiger partial charge in [-0.05, 0) is 37.5 Å². The normalized spacial score (nSPS) is 15.2. The first-order chi connectivity index (χ1) is 11.2. The first-order valence-corrected chi connectivity index (χ1v) is 8.19. The fraction of sp³-hybridized carbons (Fsp3) is 0.389. The zero-order chi connectivity index (χ0) is 16.1. The van der Waals surface area contributed by atoms with Crippen LogP contribution in [0.4, 0.5) is 11.6 Å². The van der Waals surface area contributed by atoms with Crippen LogP contribution in [0.15, 0.2) is 36.5 Å². The van der Waals surface area contributed by atoms with E-state index in [1.165, 1.54) is 19.3 Å². The lowest BCUT2D eigenvalue weighted by molar-refractivity contribution is 0.0922. The Hall–Kier alpha value is -2.43. The zero-order valence-corrected chi connectivity index (χ0v) is 13.4. The number of amides is 1. The molecule has 1 aliphatic rings. The van der Waals surface area contributed by atoms with E-state index in [9.17, 15) is 4.79 Å². The Balaban J connectivity index is 1.69. The predicted octanol–water partition coefficient (Wildman–Crippen LogP) is 3.59. The summed E-state index contributed by atoms with van der Waals surface area (Å²) in [6, 6.07) is 9.85. The Morgan fingerprint density at radius 2 is 1.91 bits per heavy atom. The number of nitrogens with zero attached hydrogens (tertiary/aromatic N) is 2. The molecule has 0 aliphatic heterocycles. The van der Waals surface area contributed by atoms with E-state index >= 15 is 0 Å². The summed E-state index contributed by atoms with van der Waals surface area (Å²) in [7, 11) is 0. The second-order valence-corrected chi connectivity index (χ2v) is 6.01. The molecule has 5 heteroatoms. The molecule has 5 nitrogen and oxygen atoms in total. The third kappa shape index (κ3) is 4.06. The van der Waals surface area contributed by atoms with Crippen molar-refractivity contribution in [1.82, 2.24) is 15.3 Å². The smallest absolute Gasteiger partial charge is 0.270 e. The van der Waals surface area contributed by atoms with E-state index in [1.54, 1.807) is 12.3 Å². The molecule has 1 aromatic heterocycles. The van der Waals surface area contributed by atoms with Crippen LogP contribution in [0, 0.1) is 6.92 Å². The predicted molar refractivity (Wildman–Crippen MR) is 90.8 cm³/mol. The average molecular weight is 310 g/mol. The molecule has 0 saturated heterocycles. The van der Waals surface area contributed by atoms with Crippen molar-refractivity contribution >= 4 is 17.5 Å². The van der Waals surface area contributed by atoms with Gasteiger partial charge in [-0.25, -0.2) is 9.97 Å². The van der Waals surface area contributed by atoms with Crippen LogP contribution in [0.2, 0.25) is 0 Å². The number of benzene rings is 1. The van der Waals surface area contributed by atoms with Crippen molar-refractivity contribution in [2.45, 2.75) is 45.1 Å². The Morgan fingerprint density at radius 1 is 1.13 bits per heavy atom. The Labute approximate surface area is 136 Å². The number of carbonyl (C=O) groups excluding carboxylic acids is 1. The fourth-order valence-electron chi connectivity index (χ4n) is 2.89. The molecule has 0 unspecified atom stereocenters. The van der Waals surface area contributed by atoms with Crippen LogP contribution in [-0.4, -0.2) is 21.9 Å². The molecule has 0 radical (unpaired) electrons. The van der Waals surface area contributed by atoms with Crippen LogP contribution < -0.4 is 10.6 Å². The van der Waals surface area contributed by atoms with Gasteiger partial charge < -0.3 is 10.6 Å². The van der Waals surface area contributed by atoms with Gasteiger partial charge in [0.05, 0.1) is 0 Å². The van der Waals surface area contributed by atoms with Gasteiger partial charge in [-0.1, -0.05) is 37.5 Å². The molecular formula is C18H22N4O. The van der Waals surface area contributed by atoms with E-state index in [2.05, 4.69) is 20.6 Å². The summed E-state index contributed by atoms with van der Waals surface area (Å²) in [5.41, 5.74) is 2.45. The molecule has 1 aliphatic carbocycles. The van der Waals surface area contributed by atoms with Crippen molar-refractivity contribution in [3.8, 4) is 0 Å². The Morgan fingerprint density at radius 3 is 2.70 bits per heavy atom. The van der Waals surface area contributed by atoms with E-state index in [4.69, 9.17) is 0 Å². The van der Waals surface area contributed by atoms with E-state index in [1.807, 2.05) is 31.2 Å². The minimum absolute atomic E-state index is 0.118. The van der Waals surface area contributed by atoms with Gasteiger partial charge in [-0.2, -0.15) is 0 Å². The van der Waals surface area contributed by atoms with Crippen molar-refractivity contribution in [3.05, 3.63) is 47.8 Å². The first-order valence-electron chi connectivity index (χ1n) is 8.19. The van der Waals surface area contributed by atoms with Gasteiger partial charge in [0.25, 0.3) is 5.91 Å². The van der Waals surface area contributed by atoms with Gasteiger partial charge in [-0.3, -0.25) is 4.79 Å².